The summed E-state index contributed by atoms with van der Waals surface area (Å²) in [5.74, 6) is 1.64. The first-order valence-electron chi connectivity index (χ1n) is 11.6. The second-order valence-corrected chi connectivity index (χ2v) is 8.44. The summed E-state index contributed by atoms with van der Waals surface area (Å²) in [6, 6.07) is 12.4. The van der Waals surface area contributed by atoms with Gasteiger partial charge < -0.3 is 24.4 Å². The quantitative estimate of drug-likeness (QED) is 0.525. The molecule has 0 bridgehead atoms. The average Bonchev–Trinajstić information content (AvgIpc) is 2.83. The molecule has 1 amide bonds. The molecule has 1 saturated heterocycles. The van der Waals surface area contributed by atoms with Crippen molar-refractivity contribution in [3.63, 3.8) is 0 Å². The lowest BCUT2D eigenvalue weighted by Crippen LogP contribution is -2.46. The van der Waals surface area contributed by atoms with Crippen molar-refractivity contribution in [1.82, 2.24) is 10.2 Å². The van der Waals surface area contributed by atoms with Crippen molar-refractivity contribution in [2.75, 3.05) is 65.5 Å². The molecule has 1 heterocycles. The smallest absolute Gasteiger partial charge is 0.224 e. The van der Waals surface area contributed by atoms with E-state index in [4.69, 9.17) is 14.2 Å². The number of hydrogen-bond donors (Lipinski definition) is 1. The Morgan fingerprint density at radius 1 is 0.939 bits per heavy atom. The van der Waals surface area contributed by atoms with Crippen LogP contribution >= 0.6 is 0 Å². The van der Waals surface area contributed by atoms with Crippen LogP contribution in [-0.4, -0.2) is 71.4 Å². The fraction of sp³-hybridized carbons (Fsp3) is 0.500. The molecule has 0 saturated carbocycles. The van der Waals surface area contributed by atoms with Crippen molar-refractivity contribution < 1.29 is 19.0 Å². The van der Waals surface area contributed by atoms with Gasteiger partial charge in [-0.2, -0.15) is 0 Å². The molecule has 0 radical (unpaired) electrons. The van der Waals surface area contributed by atoms with Crippen LogP contribution in [-0.2, 0) is 11.2 Å². The fourth-order valence-corrected chi connectivity index (χ4v) is 4.23. The number of nitrogens with one attached hydrogen (secondary N) is 1. The van der Waals surface area contributed by atoms with Crippen molar-refractivity contribution >= 4 is 11.6 Å². The third-order valence-corrected chi connectivity index (χ3v) is 6.05. The van der Waals surface area contributed by atoms with Gasteiger partial charge in [0, 0.05) is 38.4 Å². The molecular formula is C26H37N3O4. The SMILES string of the molecule is COc1cc(CC(=O)NCCCCN2CCN(c3cccc(C)c3)CC2)cc(OC)c1OC. The molecule has 33 heavy (non-hydrogen) atoms. The molecule has 0 spiro atoms. The van der Waals surface area contributed by atoms with Gasteiger partial charge in [-0.1, -0.05) is 12.1 Å². The Kier molecular flexibility index (Phi) is 9.24. The van der Waals surface area contributed by atoms with Crippen LogP contribution in [0, 0.1) is 6.92 Å². The topological polar surface area (TPSA) is 63.3 Å². The number of carbonyl (C=O) groups is 1. The number of anilines is 1. The Hall–Kier alpha value is -2.93. The minimum atomic E-state index is -0.00366. The second-order valence-electron chi connectivity index (χ2n) is 8.44. The summed E-state index contributed by atoms with van der Waals surface area (Å²) in [6.07, 6.45) is 2.33. The predicted octanol–water partition coefficient (Wildman–Crippen LogP) is 3.28. The van der Waals surface area contributed by atoms with Crippen LogP contribution < -0.4 is 24.4 Å². The minimum absolute atomic E-state index is 0.00366. The zero-order valence-corrected chi connectivity index (χ0v) is 20.4. The lowest BCUT2D eigenvalue weighted by molar-refractivity contribution is -0.120. The first-order valence-corrected chi connectivity index (χ1v) is 11.6. The Balaban J connectivity index is 1.34. The van der Waals surface area contributed by atoms with E-state index in [1.807, 2.05) is 12.1 Å². The molecule has 0 atom stereocenters. The van der Waals surface area contributed by atoms with Gasteiger partial charge in [-0.3, -0.25) is 9.69 Å². The lowest BCUT2D eigenvalue weighted by atomic mass is 10.1. The van der Waals surface area contributed by atoms with Crippen LogP contribution in [0.25, 0.3) is 0 Å². The van der Waals surface area contributed by atoms with Crippen LogP contribution in [0.1, 0.15) is 24.0 Å². The van der Waals surface area contributed by atoms with Gasteiger partial charge in [0.2, 0.25) is 11.7 Å². The predicted molar refractivity (Wildman–Crippen MR) is 132 cm³/mol. The van der Waals surface area contributed by atoms with Crippen LogP contribution in [0.3, 0.4) is 0 Å². The molecule has 7 nitrogen and oxygen atoms in total. The number of unbranched alkanes of at least 4 members (excludes halogenated alkanes) is 1. The van der Waals surface area contributed by atoms with Gasteiger partial charge in [-0.25, -0.2) is 0 Å². The van der Waals surface area contributed by atoms with Crippen molar-refractivity contribution in [3.8, 4) is 17.2 Å². The van der Waals surface area contributed by atoms with Crippen molar-refractivity contribution in [2.45, 2.75) is 26.2 Å². The summed E-state index contributed by atoms with van der Waals surface area (Å²) in [5, 5.41) is 3.03. The first-order chi connectivity index (χ1) is 16.0. The maximum atomic E-state index is 12.4. The van der Waals surface area contributed by atoms with Gasteiger partial charge in [0.25, 0.3) is 0 Å². The molecule has 1 N–H and O–H groups in total. The number of ether oxygens (including phenoxy) is 3. The molecule has 2 aromatic carbocycles. The number of benzene rings is 2. The van der Waals surface area contributed by atoms with E-state index in [1.54, 1.807) is 21.3 Å². The summed E-state index contributed by atoms with van der Waals surface area (Å²) in [4.78, 5) is 17.4. The van der Waals surface area contributed by atoms with E-state index >= 15 is 0 Å². The maximum Gasteiger partial charge on any atom is 0.224 e. The number of amides is 1. The third-order valence-electron chi connectivity index (χ3n) is 6.05. The van der Waals surface area contributed by atoms with Crippen LogP contribution in [0.5, 0.6) is 17.2 Å². The Labute approximate surface area is 197 Å². The minimum Gasteiger partial charge on any atom is -0.493 e. The zero-order chi connectivity index (χ0) is 23.6. The van der Waals surface area contributed by atoms with Crippen molar-refractivity contribution in [3.05, 3.63) is 47.5 Å². The highest BCUT2D eigenvalue weighted by molar-refractivity contribution is 5.79. The Morgan fingerprint density at radius 3 is 2.24 bits per heavy atom. The molecule has 0 aromatic heterocycles. The Bertz CT molecular complexity index is 885. The molecular weight excluding hydrogens is 418 g/mol. The fourth-order valence-electron chi connectivity index (χ4n) is 4.23. The highest BCUT2D eigenvalue weighted by Gasteiger charge is 2.17. The average molecular weight is 456 g/mol. The maximum absolute atomic E-state index is 12.4. The molecule has 3 rings (SSSR count). The number of piperazine rings is 1. The molecule has 7 heteroatoms. The van der Waals surface area contributed by atoms with Gasteiger partial charge in [0.05, 0.1) is 27.8 Å². The number of carbonyl (C=O) groups excluding carboxylic acids is 1. The lowest BCUT2D eigenvalue weighted by Gasteiger charge is -2.36. The number of rotatable bonds is 11. The summed E-state index contributed by atoms with van der Waals surface area (Å²) in [6.45, 7) is 8.20. The van der Waals surface area contributed by atoms with E-state index in [9.17, 15) is 4.79 Å². The highest BCUT2D eigenvalue weighted by atomic mass is 16.5. The number of nitrogens with zero attached hydrogens (tertiary/aromatic N) is 2. The normalized spacial score (nSPS) is 14.1. The molecule has 0 aliphatic carbocycles. The van der Waals surface area contributed by atoms with Gasteiger partial charge in [0.1, 0.15) is 0 Å². The van der Waals surface area contributed by atoms with Gasteiger partial charge >= 0.3 is 0 Å². The van der Waals surface area contributed by atoms with E-state index in [0.717, 1.165) is 51.1 Å². The molecule has 1 aliphatic heterocycles. The van der Waals surface area contributed by atoms with E-state index in [0.29, 0.717) is 23.8 Å². The Morgan fingerprint density at radius 2 is 1.64 bits per heavy atom. The van der Waals surface area contributed by atoms with Gasteiger partial charge in [-0.15, -0.1) is 0 Å². The highest BCUT2D eigenvalue weighted by Crippen LogP contribution is 2.38. The zero-order valence-electron chi connectivity index (χ0n) is 20.4. The van der Waals surface area contributed by atoms with E-state index in [-0.39, 0.29) is 12.3 Å². The summed E-state index contributed by atoms with van der Waals surface area (Å²) in [7, 11) is 4.71. The summed E-state index contributed by atoms with van der Waals surface area (Å²) in [5.41, 5.74) is 3.46. The van der Waals surface area contributed by atoms with Crippen LogP contribution in [0.2, 0.25) is 0 Å². The number of methoxy groups -OCH3 is 3. The molecule has 2 aromatic rings. The van der Waals surface area contributed by atoms with Gasteiger partial charge in [0.15, 0.2) is 11.5 Å². The molecule has 1 aliphatic rings. The van der Waals surface area contributed by atoms with Crippen LogP contribution in [0.4, 0.5) is 5.69 Å². The molecule has 0 unspecified atom stereocenters. The summed E-state index contributed by atoms with van der Waals surface area (Å²) >= 11 is 0. The van der Waals surface area contributed by atoms with Crippen molar-refractivity contribution in [1.29, 1.82) is 0 Å². The standard InChI is InChI=1S/C26H37N3O4/c1-20-8-7-9-22(16-20)29-14-12-28(13-15-29)11-6-5-10-27-25(30)19-21-17-23(31-2)26(33-4)24(18-21)32-3/h7-9,16-18H,5-6,10-15,19H2,1-4H3,(H,27,30). The number of aryl methyl sites for hydroxylation is 1. The number of hydrogen-bond acceptors (Lipinski definition) is 6. The third kappa shape index (κ3) is 7.02. The second kappa shape index (κ2) is 12.3. The van der Waals surface area contributed by atoms with Gasteiger partial charge in [-0.05, 0) is 61.7 Å². The molecule has 1 fully saturated rings. The van der Waals surface area contributed by atoms with E-state index in [1.165, 1.54) is 11.3 Å². The van der Waals surface area contributed by atoms with E-state index < -0.39 is 0 Å². The largest absolute Gasteiger partial charge is 0.493 e. The summed E-state index contributed by atoms with van der Waals surface area (Å²) < 4.78 is 16.1. The first kappa shape index (κ1) is 24.7. The monoisotopic (exact) mass is 455 g/mol. The molecule has 180 valence electrons. The van der Waals surface area contributed by atoms with Crippen LogP contribution in [0.15, 0.2) is 36.4 Å². The van der Waals surface area contributed by atoms with Crippen molar-refractivity contribution in [2.24, 2.45) is 0 Å². The van der Waals surface area contributed by atoms with E-state index in [2.05, 4.69) is 46.3 Å².